The normalized spacial score (nSPS) is 10.0. The number of thiocarbonyl (C=S) groups is 1. The number of benzene rings is 1. The number of aryl methyl sites for hydroxylation is 1. The predicted molar refractivity (Wildman–Crippen MR) is 100 cm³/mol. The van der Waals surface area contributed by atoms with E-state index in [4.69, 9.17) is 17.0 Å². The summed E-state index contributed by atoms with van der Waals surface area (Å²) in [5, 5.41) is 16.3. The number of nitro groups is 1. The summed E-state index contributed by atoms with van der Waals surface area (Å²) in [4.78, 5) is 26.9. The molecule has 8 nitrogen and oxygen atoms in total. The lowest BCUT2D eigenvalue weighted by atomic mass is 10.2. The SMILES string of the molecule is COc1ccc(C(=O)NC(=S)Nc2ccc(Br)c(C)n2)cc1[N+](=O)[O-]. The molecular formula is C15H13BrN4O4S. The summed E-state index contributed by atoms with van der Waals surface area (Å²) >= 11 is 8.41. The van der Waals surface area contributed by atoms with Crippen LogP contribution >= 0.6 is 28.1 Å². The van der Waals surface area contributed by atoms with Crippen LogP contribution in [0.4, 0.5) is 11.5 Å². The van der Waals surface area contributed by atoms with Crippen molar-refractivity contribution < 1.29 is 14.5 Å². The van der Waals surface area contributed by atoms with E-state index in [9.17, 15) is 14.9 Å². The summed E-state index contributed by atoms with van der Waals surface area (Å²) in [6, 6.07) is 7.36. The number of hydrogen-bond donors (Lipinski definition) is 2. The Labute approximate surface area is 156 Å². The molecular weight excluding hydrogens is 412 g/mol. The fourth-order valence-corrected chi connectivity index (χ4v) is 2.33. The second-order valence-corrected chi connectivity index (χ2v) is 6.08. The molecule has 0 aliphatic carbocycles. The summed E-state index contributed by atoms with van der Waals surface area (Å²) in [5.74, 6) is -0.0550. The average Bonchev–Trinajstić information content (AvgIpc) is 2.57. The van der Waals surface area contributed by atoms with Gasteiger partial charge in [-0.15, -0.1) is 0 Å². The lowest BCUT2D eigenvalue weighted by molar-refractivity contribution is -0.385. The molecule has 2 aromatic rings. The molecule has 0 aliphatic heterocycles. The van der Waals surface area contributed by atoms with Crippen LogP contribution in [0.5, 0.6) is 5.75 Å². The fourth-order valence-electron chi connectivity index (χ4n) is 1.91. The second kappa shape index (κ2) is 7.99. The third kappa shape index (κ3) is 4.70. The first-order chi connectivity index (χ1) is 11.8. The van der Waals surface area contributed by atoms with Crippen LogP contribution in [0, 0.1) is 17.0 Å². The maximum absolute atomic E-state index is 12.2. The van der Waals surface area contributed by atoms with Crippen molar-refractivity contribution in [3.63, 3.8) is 0 Å². The minimum absolute atomic E-state index is 0.0256. The molecule has 25 heavy (non-hydrogen) atoms. The topological polar surface area (TPSA) is 106 Å². The number of methoxy groups -OCH3 is 1. The number of aromatic nitrogens is 1. The summed E-state index contributed by atoms with van der Waals surface area (Å²) in [7, 11) is 1.31. The van der Waals surface area contributed by atoms with Crippen LogP contribution in [0.3, 0.4) is 0 Å². The van der Waals surface area contributed by atoms with E-state index in [-0.39, 0.29) is 22.1 Å². The zero-order chi connectivity index (χ0) is 18.6. The van der Waals surface area contributed by atoms with Crippen LogP contribution in [-0.4, -0.2) is 28.0 Å². The molecule has 0 bridgehead atoms. The van der Waals surface area contributed by atoms with Gasteiger partial charge in [0.25, 0.3) is 5.91 Å². The molecule has 0 fully saturated rings. The van der Waals surface area contributed by atoms with E-state index in [0.717, 1.165) is 16.2 Å². The third-order valence-corrected chi connectivity index (χ3v) is 4.17. The Hall–Kier alpha value is -2.59. The van der Waals surface area contributed by atoms with Crippen LogP contribution in [0.1, 0.15) is 16.1 Å². The molecule has 0 saturated heterocycles. The molecule has 1 aromatic heterocycles. The molecule has 10 heteroatoms. The highest BCUT2D eigenvalue weighted by atomic mass is 79.9. The number of halogens is 1. The van der Waals surface area contributed by atoms with Gasteiger partial charge in [-0.1, -0.05) is 0 Å². The lowest BCUT2D eigenvalue weighted by Crippen LogP contribution is -2.34. The van der Waals surface area contributed by atoms with Crippen molar-refractivity contribution in [1.29, 1.82) is 0 Å². The largest absolute Gasteiger partial charge is 0.490 e. The molecule has 2 N–H and O–H groups in total. The van der Waals surface area contributed by atoms with Gasteiger partial charge in [-0.05, 0) is 59.3 Å². The zero-order valence-electron chi connectivity index (χ0n) is 13.2. The minimum atomic E-state index is -0.624. The van der Waals surface area contributed by atoms with Crippen molar-refractivity contribution >= 4 is 50.7 Å². The van der Waals surface area contributed by atoms with Gasteiger partial charge in [0, 0.05) is 16.1 Å². The minimum Gasteiger partial charge on any atom is -0.490 e. The highest BCUT2D eigenvalue weighted by molar-refractivity contribution is 9.10. The molecule has 0 unspecified atom stereocenters. The van der Waals surface area contributed by atoms with Gasteiger partial charge in [-0.2, -0.15) is 0 Å². The van der Waals surface area contributed by atoms with Crippen LogP contribution in [0.15, 0.2) is 34.8 Å². The van der Waals surface area contributed by atoms with E-state index in [1.54, 1.807) is 12.1 Å². The predicted octanol–water partition coefficient (Wildman–Crippen LogP) is 3.20. The first-order valence-electron chi connectivity index (χ1n) is 6.89. The first kappa shape index (κ1) is 18.7. The Morgan fingerprint density at radius 2 is 2.08 bits per heavy atom. The van der Waals surface area contributed by atoms with Crippen molar-refractivity contribution in [3.8, 4) is 5.75 Å². The Kier molecular flexibility index (Phi) is 5.99. The maximum Gasteiger partial charge on any atom is 0.311 e. The Balaban J connectivity index is 2.10. The van der Waals surface area contributed by atoms with Crippen LogP contribution in [-0.2, 0) is 0 Å². The highest BCUT2D eigenvalue weighted by Crippen LogP contribution is 2.27. The molecule has 2 rings (SSSR count). The van der Waals surface area contributed by atoms with Crippen molar-refractivity contribution in [2.75, 3.05) is 12.4 Å². The number of nitrogens with one attached hydrogen (secondary N) is 2. The monoisotopic (exact) mass is 424 g/mol. The number of ether oxygens (including phenoxy) is 1. The number of anilines is 1. The summed E-state index contributed by atoms with van der Waals surface area (Å²) in [6.45, 7) is 1.81. The van der Waals surface area contributed by atoms with E-state index in [1.165, 1.54) is 19.2 Å². The Bertz CT molecular complexity index is 859. The molecule has 1 amide bonds. The van der Waals surface area contributed by atoms with Crippen LogP contribution in [0.25, 0.3) is 0 Å². The standard InChI is InChI=1S/C15H13BrN4O4S/c1-8-10(16)4-6-13(17-8)18-15(25)19-14(21)9-3-5-12(24-2)11(7-9)20(22)23/h3-7H,1-2H3,(H2,17,18,19,21,25). The van der Waals surface area contributed by atoms with E-state index in [1.807, 2.05) is 6.92 Å². The number of pyridine rings is 1. The Morgan fingerprint density at radius 1 is 1.36 bits per heavy atom. The van der Waals surface area contributed by atoms with Crippen LogP contribution < -0.4 is 15.4 Å². The Morgan fingerprint density at radius 3 is 2.68 bits per heavy atom. The smallest absolute Gasteiger partial charge is 0.311 e. The quantitative estimate of drug-likeness (QED) is 0.440. The molecule has 0 atom stereocenters. The first-order valence-corrected chi connectivity index (χ1v) is 8.10. The number of carbonyl (C=O) groups excluding carboxylic acids is 1. The van der Waals surface area contributed by atoms with E-state index >= 15 is 0 Å². The van der Waals surface area contributed by atoms with Gasteiger partial charge in [-0.3, -0.25) is 20.2 Å². The molecule has 0 radical (unpaired) electrons. The molecule has 1 aromatic carbocycles. The number of hydrogen-bond acceptors (Lipinski definition) is 6. The van der Waals surface area contributed by atoms with Gasteiger partial charge in [0.15, 0.2) is 10.9 Å². The van der Waals surface area contributed by atoms with Gasteiger partial charge >= 0.3 is 5.69 Å². The van der Waals surface area contributed by atoms with Gasteiger partial charge in [0.2, 0.25) is 0 Å². The summed E-state index contributed by atoms with van der Waals surface area (Å²) in [5.41, 5.74) is 0.528. The van der Waals surface area contributed by atoms with Crippen molar-refractivity contribution in [3.05, 3.63) is 56.2 Å². The fraction of sp³-hybridized carbons (Fsp3) is 0.133. The second-order valence-electron chi connectivity index (χ2n) is 4.82. The number of amides is 1. The van der Waals surface area contributed by atoms with E-state index < -0.39 is 10.8 Å². The van der Waals surface area contributed by atoms with Crippen molar-refractivity contribution in [1.82, 2.24) is 10.3 Å². The molecule has 0 saturated carbocycles. The highest BCUT2D eigenvalue weighted by Gasteiger charge is 2.18. The number of nitro benzene ring substituents is 1. The molecule has 1 heterocycles. The molecule has 0 aliphatic rings. The summed E-state index contributed by atoms with van der Waals surface area (Å²) < 4.78 is 5.74. The number of nitrogens with zero attached hydrogens (tertiary/aromatic N) is 2. The van der Waals surface area contributed by atoms with Gasteiger partial charge in [-0.25, -0.2) is 4.98 Å². The summed E-state index contributed by atoms with van der Waals surface area (Å²) in [6.07, 6.45) is 0. The van der Waals surface area contributed by atoms with Gasteiger partial charge in [0.1, 0.15) is 5.82 Å². The van der Waals surface area contributed by atoms with Gasteiger partial charge < -0.3 is 10.1 Å². The van der Waals surface area contributed by atoms with Crippen LogP contribution in [0.2, 0.25) is 0 Å². The van der Waals surface area contributed by atoms with E-state index in [0.29, 0.717) is 5.82 Å². The third-order valence-electron chi connectivity index (χ3n) is 3.13. The number of carbonyl (C=O) groups is 1. The zero-order valence-corrected chi connectivity index (χ0v) is 15.6. The molecule has 0 spiro atoms. The van der Waals surface area contributed by atoms with E-state index in [2.05, 4.69) is 31.5 Å². The number of rotatable bonds is 4. The van der Waals surface area contributed by atoms with Crippen molar-refractivity contribution in [2.24, 2.45) is 0 Å². The lowest BCUT2D eigenvalue weighted by Gasteiger charge is -2.10. The van der Waals surface area contributed by atoms with Gasteiger partial charge in [0.05, 0.1) is 17.7 Å². The molecule has 130 valence electrons. The maximum atomic E-state index is 12.2. The van der Waals surface area contributed by atoms with Crippen molar-refractivity contribution in [2.45, 2.75) is 6.92 Å². The average molecular weight is 425 g/mol.